The molecule has 1 aliphatic rings. The molecule has 2 N–H and O–H groups in total. The Balaban J connectivity index is 1.66. The van der Waals surface area contributed by atoms with Crippen LogP contribution in [0.2, 0.25) is 0 Å². The topological polar surface area (TPSA) is 66.9 Å². The smallest absolute Gasteiger partial charge is 0.258 e. The molecule has 1 amide bonds. The van der Waals surface area contributed by atoms with Gasteiger partial charge >= 0.3 is 0 Å². The number of carbonyl (C=O) groups is 1. The van der Waals surface area contributed by atoms with Gasteiger partial charge in [-0.15, -0.1) is 0 Å². The van der Waals surface area contributed by atoms with Crippen molar-refractivity contribution in [3.8, 4) is 0 Å². The first kappa shape index (κ1) is 12.6. The number of benzene rings is 1. The van der Waals surface area contributed by atoms with E-state index in [0.717, 1.165) is 11.3 Å². The van der Waals surface area contributed by atoms with E-state index in [1.165, 1.54) is 12.8 Å². The molecule has 0 unspecified atom stereocenters. The van der Waals surface area contributed by atoms with Crippen molar-refractivity contribution in [3.05, 3.63) is 47.8 Å². The second-order valence-electron chi connectivity index (χ2n) is 5.04. The van der Waals surface area contributed by atoms with E-state index in [1.54, 1.807) is 12.4 Å². The lowest BCUT2D eigenvalue weighted by Crippen LogP contribution is -2.13. The SMILES string of the molecule is Cc1cccc(NC(=O)c2cnc(NC3CC3)nc2)c1. The Morgan fingerprint density at radius 1 is 1.25 bits per heavy atom. The van der Waals surface area contributed by atoms with E-state index >= 15 is 0 Å². The zero-order valence-electron chi connectivity index (χ0n) is 11.3. The highest BCUT2D eigenvalue weighted by Crippen LogP contribution is 2.22. The molecule has 1 aliphatic carbocycles. The molecule has 1 aromatic carbocycles. The molecule has 1 fully saturated rings. The minimum atomic E-state index is -0.200. The maximum Gasteiger partial charge on any atom is 0.258 e. The van der Waals surface area contributed by atoms with Crippen LogP contribution < -0.4 is 10.6 Å². The molecule has 0 atom stereocenters. The summed E-state index contributed by atoms with van der Waals surface area (Å²) in [5, 5.41) is 6.02. The van der Waals surface area contributed by atoms with Gasteiger partial charge in [-0.1, -0.05) is 12.1 Å². The van der Waals surface area contributed by atoms with Crippen LogP contribution in [0.15, 0.2) is 36.7 Å². The number of nitrogens with one attached hydrogen (secondary N) is 2. The Morgan fingerprint density at radius 2 is 2.00 bits per heavy atom. The van der Waals surface area contributed by atoms with Crippen LogP contribution in [0.3, 0.4) is 0 Å². The molecule has 0 bridgehead atoms. The number of amides is 1. The number of nitrogens with zero attached hydrogens (tertiary/aromatic N) is 2. The van der Waals surface area contributed by atoms with Gasteiger partial charge in [0.1, 0.15) is 0 Å². The summed E-state index contributed by atoms with van der Waals surface area (Å²) in [7, 11) is 0. The fourth-order valence-electron chi connectivity index (χ4n) is 1.86. The van der Waals surface area contributed by atoms with Crippen LogP contribution in [0.4, 0.5) is 11.6 Å². The first-order valence-corrected chi connectivity index (χ1v) is 6.67. The van der Waals surface area contributed by atoms with E-state index < -0.39 is 0 Å². The first-order valence-electron chi connectivity index (χ1n) is 6.67. The van der Waals surface area contributed by atoms with E-state index in [-0.39, 0.29) is 5.91 Å². The third-order valence-electron chi connectivity index (χ3n) is 3.10. The second kappa shape index (κ2) is 5.28. The summed E-state index contributed by atoms with van der Waals surface area (Å²) in [4.78, 5) is 20.4. The monoisotopic (exact) mass is 268 g/mol. The number of rotatable bonds is 4. The van der Waals surface area contributed by atoms with E-state index in [4.69, 9.17) is 0 Å². The van der Waals surface area contributed by atoms with E-state index in [0.29, 0.717) is 17.6 Å². The minimum Gasteiger partial charge on any atom is -0.351 e. The van der Waals surface area contributed by atoms with Crippen LogP contribution in [-0.4, -0.2) is 21.9 Å². The van der Waals surface area contributed by atoms with Crippen LogP contribution in [0.1, 0.15) is 28.8 Å². The molecule has 0 radical (unpaired) electrons. The Morgan fingerprint density at radius 3 is 2.65 bits per heavy atom. The lowest BCUT2D eigenvalue weighted by atomic mass is 10.2. The molecule has 2 aromatic rings. The summed E-state index contributed by atoms with van der Waals surface area (Å²) < 4.78 is 0. The Labute approximate surface area is 117 Å². The first-order chi connectivity index (χ1) is 9.70. The van der Waals surface area contributed by atoms with Crippen LogP contribution in [0.5, 0.6) is 0 Å². The largest absolute Gasteiger partial charge is 0.351 e. The van der Waals surface area contributed by atoms with Crippen molar-refractivity contribution >= 4 is 17.5 Å². The van der Waals surface area contributed by atoms with Crippen molar-refractivity contribution in [2.24, 2.45) is 0 Å². The Hall–Kier alpha value is -2.43. The lowest BCUT2D eigenvalue weighted by molar-refractivity contribution is 0.102. The van der Waals surface area contributed by atoms with Gasteiger partial charge in [-0.05, 0) is 37.5 Å². The predicted octanol–water partition coefficient (Wildman–Crippen LogP) is 2.61. The zero-order chi connectivity index (χ0) is 13.9. The third kappa shape index (κ3) is 3.12. The highest BCUT2D eigenvalue weighted by molar-refractivity contribution is 6.03. The Kier molecular flexibility index (Phi) is 3.33. The summed E-state index contributed by atoms with van der Waals surface area (Å²) in [5.74, 6) is 0.383. The maximum absolute atomic E-state index is 12.1. The Bertz CT molecular complexity index is 620. The molecule has 102 valence electrons. The quantitative estimate of drug-likeness (QED) is 0.894. The number of hydrogen-bond donors (Lipinski definition) is 2. The number of hydrogen-bond acceptors (Lipinski definition) is 4. The van der Waals surface area contributed by atoms with Gasteiger partial charge in [0.25, 0.3) is 5.91 Å². The molecule has 0 saturated heterocycles. The average Bonchev–Trinajstić information content (AvgIpc) is 3.23. The maximum atomic E-state index is 12.1. The van der Waals surface area contributed by atoms with Crippen LogP contribution in [0.25, 0.3) is 0 Å². The van der Waals surface area contributed by atoms with E-state index in [9.17, 15) is 4.79 Å². The van der Waals surface area contributed by atoms with Gasteiger partial charge in [0.05, 0.1) is 5.56 Å². The highest BCUT2D eigenvalue weighted by Gasteiger charge is 2.21. The number of anilines is 2. The van der Waals surface area contributed by atoms with Gasteiger partial charge in [0.2, 0.25) is 5.95 Å². The average molecular weight is 268 g/mol. The molecule has 20 heavy (non-hydrogen) atoms. The molecular formula is C15H16N4O. The molecule has 1 heterocycles. The van der Waals surface area contributed by atoms with Gasteiger partial charge in [0, 0.05) is 24.1 Å². The van der Waals surface area contributed by atoms with Crippen molar-refractivity contribution in [3.63, 3.8) is 0 Å². The van der Waals surface area contributed by atoms with Crippen molar-refractivity contribution in [1.29, 1.82) is 0 Å². The van der Waals surface area contributed by atoms with Gasteiger partial charge in [-0.3, -0.25) is 4.79 Å². The summed E-state index contributed by atoms with van der Waals surface area (Å²) in [5.41, 5.74) is 2.33. The van der Waals surface area contributed by atoms with Crippen LogP contribution >= 0.6 is 0 Å². The van der Waals surface area contributed by atoms with Crippen molar-refractivity contribution in [1.82, 2.24) is 9.97 Å². The summed E-state index contributed by atoms with van der Waals surface area (Å²) in [6.45, 7) is 1.98. The fraction of sp³-hybridized carbons (Fsp3) is 0.267. The molecular weight excluding hydrogens is 252 g/mol. The summed E-state index contributed by atoms with van der Waals surface area (Å²) in [6, 6.07) is 8.17. The second-order valence-corrected chi connectivity index (χ2v) is 5.04. The predicted molar refractivity (Wildman–Crippen MR) is 77.8 cm³/mol. The zero-order valence-corrected chi connectivity index (χ0v) is 11.3. The number of aromatic nitrogens is 2. The van der Waals surface area contributed by atoms with Gasteiger partial charge in [-0.2, -0.15) is 0 Å². The third-order valence-corrected chi connectivity index (χ3v) is 3.10. The molecule has 5 nitrogen and oxygen atoms in total. The van der Waals surface area contributed by atoms with E-state index in [2.05, 4.69) is 20.6 Å². The summed E-state index contributed by atoms with van der Waals surface area (Å²) >= 11 is 0. The number of aryl methyl sites for hydroxylation is 1. The molecule has 0 spiro atoms. The molecule has 0 aliphatic heterocycles. The number of carbonyl (C=O) groups excluding carboxylic acids is 1. The van der Waals surface area contributed by atoms with Crippen LogP contribution in [0, 0.1) is 6.92 Å². The van der Waals surface area contributed by atoms with Gasteiger partial charge in [0.15, 0.2) is 0 Å². The van der Waals surface area contributed by atoms with Gasteiger partial charge in [-0.25, -0.2) is 9.97 Å². The van der Waals surface area contributed by atoms with Crippen LogP contribution in [-0.2, 0) is 0 Å². The van der Waals surface area contributed by atoms with Crippen molar-refractivity contribution in [2.75, 3.05) is 10.6 Å². The normalized spacial score (nSPS) is 13.8. The summed E-state index contributed by atoms with van der Waals surface area (Å²) in [6.07, 6.45) is 5.42. The highest BCUT2D eigenvalue weighted by atomic mass is 16.1. The van der Waals surface area contributed by atoms with Crippen molar-refractivity contribution < 1.29 is 4.79 Å². The fourth-order valence-corrected chi connectivity index (χ4v) is 1.86. The molecule has 1 aromatic heterocycles. The molecule has 5 heteroatoms. The minimum absolute atomic E-state index is 0.200. The van der Waals surface area contributed by atoms with Gasteiger partial charge < -0.3 is 10.6 Å². The van der Waals surface area contributed by atoms with E-state index in [1.807, 2.05) is 31.2 Å². The molecule has 3 rings (SSSR count). The standard InChI is InChI=1S/C15H16N4O/c1-10-3-2-4-13(7-10)18-14(20)11-8-16-15(17-9-11)19-12-5-6-12/h2-4,7-9,12H,5-6H2,1H3,(H,18,20)(H,16,17,19). The molecule has 1 saturated carbocycles. The lowest BCUT2D eigenvalue weighted by Gasteiger charge is -2.06. The van der Waals surface area contributed by atoms with Crippen molar-refractivity contribution in [2.45, 2.75) is 25.8 Å².